The summed E-state index contributed by atoms with van der Waals surface area (Å²) in [6, 6.07) is 11.5. The van der Waals surface area contributed by atoms with Crippen LogP contribution in [0, 0.1) is 12.7 Å². The molecule has 0 atom stereocenters. The summed E-state index contributed by atoms with van der Waals surface area (Å²) < 4.78 is 49.0. The van der Waals surface area contributed by atoms with Gasteiger partial charge in [0, 0.05) is 24.7 Å². The SMILES string of the molecule is CN=C(NCc1coc(-c2ccc(C)cc2)n1)NCc1c(F)cccc1OC(F)F. The highest BCUT2D eigenvalue weighted by Gasteiger charge is 2.14. The minimum absolute atomic E-state index is 0.0242. The van der Waals surface area contributed by atoms with Crippen molar-refractivity contribution in [2.75, 3.05) is 7.05 Å². The second-order valence-corrected chi connectivity index (χ2v) is 6.38. The number of ether oxygens (including phenoxy) is 1. The number of nitrogens with one attached hydrogen (secondary N) is 2. The molecule has 0 bridgehead atoms. The number of oxazole rings is 1. The topological polar surface area (TPSA) is 71.7 Å². The van der Waals surface area contributed by atoms with Gasteiger partial charge in [0.2, 0.25) is 5.89 Å². The molecule has 0 spiro atoms. The van der Waals surface area contributed by atoms with Gasteiger partial charge in [-0.2, -0.15) is 8.78 Å². The first-order valence-electron chi connectivity index (χ1n) is 9.14. The number of hydrogen-bond donors (Lipinski definition) is 2. The highest BCUT2D eigenvalue weighted by atomic mass is 19.3. The van der Waals surface area contributed by atoms with Crippen molar-refractivity contribution in [2.45, 2.75) is 26.6 Å². The second kappa shape index (κ2) is 9.82. The molecule has 0 saturated carbocycles. The lowest BCUT2D eigenvalue weighted by molar-refractivity contribution is -0.0506. The Morgan fingerprint density at radius 1 is 1.13 bits per heavy atom. The first-order valence-corrected chi connectivity index (χ1v) is 9.14. The van der Waals surface area contributed by atoms with Crippen LogP contribution < -0.4 is 15.4 Å². The van der Waals surface area contributed by atoms with Crippen molar-refractivity contribution in [3.05, 3.63) is 71.4 Å². The van der Waals surface area contributed by atoms with Gasteiger partial charge < -0.3 is 19.8 Å². The first kappa shape index (κ1) is 21.2. The van der Waals surface area contributed by atoms with Crippen LogP contribution in [-0.2, 0) is 13.1 Å². The van der Waals surface area contributed by atoms with Gasteiger partial charge in [-0.25, -0.2) is 9.37 Å². The summed E-state index contributed by atoms with van der Waals surface area (Å²) in [4.78, 5) is 8.46. The number of nitrogens with zero attached hydrogens (tertiary/aromatic N) is 2. The fraction of sp³-hybridized carbons (Fsp3) is 0.238. The van der Waals surface area contributed by atoms with Crippen LogP contribution in [0.1, 0.15) is 16.8 Å². The van der Waals surface area contributed by atoms with Gasteiger partial charge in [-0.3, -0.25) is 4.99 Å². The lowest BCUT2D eigenvalue weighted by Gasteiger charge is -2.14. The number of aromatic nitrogens is 1. The van der Waals surface area contributed by atoms with Crippen LogP contribution in [0.4, 0.5) is 13.2 Å². The van der Waals surface area contributed by atoms with Crippen LogP contribution in [0.15, 0.2) is 58.1 Å². The van der Waals surface area contributed by atoms with E-state index in [-0.39, 0.29) is 17.9 Å². The van der Waals surface area contributed by atoms with Crippen LogP contribution in [-0.4, -0.2) is 24.6 Å². The van der Waals surface area contributed by atoms with Gasteiger partial charge in [-0.15, -0.1) is 0 Å². The average molecular weight is 418 g/mol. The Kier molecular flexibility index (Phi) is 6.95. The van der Waals surface area contributed by atoms with Crippen molar-refractivity contribution < 1.29 is 22.3 Å². The minimum atomic E-state index is -3.04. The first-order chi connectivity index (χ1) is 14.5. The molecule has 3 rings (SSSR count). The zero-order valence-electron chi connectivity index (χ0n) is 16.5. The van der Waals surface area contributed by atoms with Crippen molar-refractivity contribution in [3.63, 3.8) is 0 Å². The minimum Gasteiger partial charge on any atom is -0.444 e. The third-order valence-electron chi connectivity index (χ3n) is 4.24. The third kappa shape index (κ3) is 5.53. The van der Waals surface area contributed by atoms with E-state index in [0.717, 1.165) is 11.1 Å². The highest BCUT2D eigenvalue weighted by Crippen LogP contribution is 2.23. The van der Waals surface area contributed by atoms with E-state index in [4.69, 9.17) is 4.42 Å². The second-order valence-electron chi connectivity index (χ2n) is 6.38. The van der Waals surface area contributed by atoms with Gasteiger partial charge in [-0.1, -0.05) is 23.8 Å². The normalized spacial score (nSPS) is 11.6. The quantitative estimate of drug-likeness (QED) is 0.443. The fourth-order valence-electron chi connectivity index (χ4n) is 2.70. The Morgan fingerprint density at radius 3 is 2.57 bits per heavy atom. The molecule has 0 unspecified atom stereocenters. The number of alkyl halides is 2. The van der Waals surface area contributed by atoms with E-state index in [1.165, 1.54) is 31.5 Å². The van der Waals surface area contributed by atoms with Crippen LogP contribution in [0.25, 0.3) is 11.5 Å². The van der Waals surface area contributed by atoms with E-state index in [0.29, 0.717) is 24.1 Å². The summed E-state index contributed by atoms with van der Waals surface area (Å²) in [5.41, 5.74) is 2.62. The molecule has 3 aromatic rings. The van der Waals surface area contributed by atoms with E-state index in [9.17, 15) is 13.2 Å². The predicted octanol–water partition coefficient (Wildman–Crippen LogP) is 4.26. The van der Waals surface area contributed by atoms with Gasteiger partial charge in [0.25, 0.3) is 0 Å². The maximum atomic E-state index is 14.0. The molecular formula is C21H21F3N4O2. The number of benzene rings is 2. The molecule has 1 heterocycles. The Labute approximate surface area is 171 Å². The summed E-state index contributed by atoms with van der Waals surface area (Å²) in [5.74, 6) is -0.0569. The summed E-state index contributed by atoms with van der Waals surface area (Å²) >= 11 is 0. The standard InChI is InChI=1S/C21H21F3N4O2/c1-13-6-8-14(9-7-13)19-28-15(12-29-19)10-26-21(25-2)27-11-16-17(22)4-3-5-18(16)30-20(23)24/h3-9,12,20H,10-11H2,1-2H3,(H2,25,26,27). The molecule has 0 radical (unpaired) electrons. The number of rotatable bonds is 7. The molecule has 0 amide bonds. The monoisotopic (exact) mass is 418 g/mol. The Bertz CT molecular complexity index is 1000. The number of halogens is 3. The van der Waals surface area contributed by atoms with Crippen molar-refractivity contribution >= 4 is 5.96 Å². The summed E-state index contributed by atoms with van der Waals surface area (Å²) in [7, 11) is 1.54. The maximum Gasteiger partial charge on any atom is 0.387 e. The van der Waals surface area contributed by atoms with Crippen LogP contribution in [0.5, 0.6) is 5.75 Å². The van der Waals surface area contributed by atoms with Gasteiger partial charge in [-0.05, 0) is 31.2 Å². The molecule has 9 heteroatoms. The lowest BCUT2D eigenvalue weighted by atomic mass is 10.1. The molecule has 0 saturated heterocycles. The third-order valence-corrected chi connectivity index (χ3v) is 4.24. The van der Waals surface area contributed by atoms with Crippen molar-refractivity contribution in [1.29, 1.82) is 0 Å². The van der Waals surface area contributed by atoms with Gasteiger partial charge in [0.1, 0.15) is 17.8 Å². The molecule has 30 heavy (non-hydrogen) atoms. The van der Waals surface area contributed by atoms with E-state index in [1.54, 1.807) is 0 Å². The lowest BCUT2D eigenvalue weighted by Crippen LogP contribution is -2.36. The number of hydrogen-bond acceptors (Lipinski definition) is 4. The smallest absolute Gasteiger partial charge is 0.387 e. The van der Waals surface area contributed by atoms with Gasteiger partial charge in [0.05, 0.1) is 12.2 Å². The van der Waals surface area contributed by atoms with E-state index >= 15 is 0 Å². The van der Waals surface area contributed by atoms with E-state index in [1.807, 2.05) is 31.2 Å². The molecule has 0 aliphatic carbocycles. The van der Waals surface area contributed by atoms with Crippen molar-refractivity contribution in [3.8, 4) is 17.2 Å². The molecule has 0 aliphatic rings. The summed E-state index contributed by atoms with van der Waals surface area (Å²) in [6.45, 7) is -0.844. The molecule has 2 N–H and O–H groups in total. The van der Waals surface area contributed by atoms with Gasteiger partial charge in [0.15, 0.2) is 5.96 Å². The van der Waals surface area contributed by atoms with Crippen LogP contribution in [0.2, 0.25) is 0 Å². The highest BCUT2D eigenvalue weighted by molar-refractivity contribution is 5.79. The van der Waals surface area contributed by atoms with Gasteiger partial charge >= 0.3 is 6.61 Å². The zero-order valence-corrected chi connectivity index (χ0v) is 16.5. The number of guanidine groups is 1. The Balaban J connectivity index is 1.59. The molecule has 0 aliphatic heterocycles. The van der Waals surface area contributed by atoms with E-state index in [2.05, 4.69) is 25.3 Å². The predicted molar refractivity (Wildman–Crippen MR) is 107 cm³/mol. The Morgan fingerprint density at radius 2 is 1.87 bits per heavy atom. The largest absolute Gasteiger partial charge is 0.444 e. The Hall–Kier alpha value is -3.49. The van der Waals surface area contributed by atoms with Crippen LogP contribution in [0.3, 0.4) is 0 Å². The number of aryl methyl sites for hydroxylation is 1. The van der Waals surface area contributed by atoms with Crippen molar-refractivity contribution in [2.24, 2.45) is 4.99 Å². The molecule has 158 valence electrons. The van der Waals surface area contributed by atoms with Crippen molar-refractivity contribution in [1.82, 2.24) is 15.6 Å². The van der Waals surface area contributed by atoms with Crippen LogP contribution >= 0.6 is 0 Å². The van der Waals surface area contributed by atoms with E-state index < -0.39 is 12.4 Å². The zero-order chi connectivity index (χ0) is 21.5. The number of aliphatic imine (C=N–C) groups is 1. The average Bonchev–Trinajstić information content (AvgIpc) is 3.19. The molecular weight excluding hydrogens is 397 g/mol. The maximum absolute atomic E-state index is 14.0. The molecule has 6 nitrogen and oxygen atoms in total. The molecule has 2 aromatic carbocycles. The molecule has 0 fully saturated rings. The molecule has 1 aromatic heterocycles. The summed E-state index contributed by atoms with van der Waals surface area (Å²) in [6.07, 6.45) is 1.53. The summed E-state index contributed by atoms with van der Waals surface area (Å²) in [5, 5.41) is 5.89. The fourth-order valence-corrected chi connectivity index (χ4v) is 2.70.